The monoisotopic (exact) mass is 429 g/mol. The van der Waals surface area contributed by atoms with Gasteiger partial charge in [-0.05, 0) is 60.5 Å². The van der Waals surface area contributed by atoms with Crippen molar-refractivity contribution in [3.63, 3.8) is 0 Å². The molecule has 1 aliphatic heterocycles. The molecule has 0 atom stereocenters. The Bertz CT molecular complexity index is 1110. The second kappa shape index (κ2) is 9.97. The zero-order valence-corrected chi connectivity index (χ0v) is 17.7. The van der Waals surface area contributed by atoms with Gasteiger partial charge in [-0.1, -0.05) is 24.3 Å². The third kappa shape index (κ3) is 5.06. The average molecular weight is 429 g/mol. The predicted molar refractivity (Wildman–Crippen MR) is 121 cm³/mol. The number of carbonyl (C=O) groups excluding carboxylic acids is 1. The highest BCUT2D eigenvalue weighted by Gasteiger charge is 2.23. The van der Waals surface area contributed by atoms with Crippen LogP contribution in [0.25, 0.3) is 0 Å². The molecule has 4 rings (SSSR count). The van der Waals surface area contributed by atoms with Gasteiger partial charge in [-0.15, -0.1) is 0 Å². The van der Waals surface area contributed by atoms with Crippen LogP contribution >= 0.6 is 0 Å². The summed E-state index contributed by atoms with van der Waals surface area (Å²) in [5.41, 5.74) is 3.06. The van der Waals surface area contributed by atoms with Gasteiger partial charge in [0, 0.05) is 31.9 Å². The van der Waals surface area contributed by atoms with E-state index in [-0.39, 0.29) is 18.3 Å². The minimum absolute atomic E-state index is 0.0543. The number of hydrogen-bond acceptors (Lipinski definition) is 4. The molecule has 0 spiro atoms. The number of hydrogen-bond donors (Lipinski definition) is 0. The molecule has 1 aliphatic rings. The number of ether oxygens (including phenoxy) is 1. The number of benzene rings is 3. The molecule has 0 aromatic heterocycles. The van der Waals surface area contributed by atoms with Gasteiger partial charge in [0.25, 0.3) is 5.91 Å². The van der Waals surface area contributed by atoms with Crippen LogP contribution in [0.1, 0.15) is 27.9 Å². The zero-order valence-electron chi connectivity index (χ0n) is 17.7. The van der Waals surface area contributed by atoms with E-state index in [0.29, 0.717) is 30.0 Å². The van der Waals surface area contributed by atoms with Gasteiger partial charge in [-0.3, -0.25) is 4.79 Å². The third-order valence-electron chi connectivity index (χ3n) is 5.57. The highest BCUT2D eigenvalue weighted by Crippen LogP contribution is 2.23. The summed E-state index contributed by atoms with van der Waals surface area (Å²) in [6.07, 6.45) is 0.852. The summed E-state index contributed by atoms with van der Waals surface area (Å²) in [6, 6.07) is 23.1. The first-order chi connectivity index (χ1) is 15.6. The van der Waals surface area contributed by atoms with E-state index < -0.39 is 0 Å². The fraction of sp³-hybridized carbons (Fsp3) is 0.231. The lowest BCUT2D eigenvalue weighted by molar-refractivity contribution is 0.0762. The third-order valence-corrected chi connectivity index (χ3v) is 5.57. The van der Waals surface area contributed by atoms with E-state index in [9.17, 15) is 9.18 Å². The summed E-state index contributed by atoms with van der Waals surface area (Å²) in [7, 11) is 0. The van der Waals surface area contributed by atoms with Crippen LogP contribution in [-0.4, -0.2) is 37.0 Å². The van der Waals surface area contributed by atoms with Crippen LogP contribution < -0.4 is 9.64 Å². The highest BCUT2D eigenvalue weighted by atomic mass is 19.1. The van der Waals surface area contributed by atoms with Crippen molar-refractivity contribution in [3.8, 4) is 11.8 Å². The molecular formula is C26H24FN3O2. The Balaban J connectivity index is 1.42. The maximum atomic E-state index is 13.3. The van der Waals surface area contributed by atoms with Gasteiger partial charge in [0.1, 0.15) is 18.2 Å². The van der Waals surface area contributed by atoms with Crippen molar-refractivity contribution in [1.82, 2.24) is 4.90 Å². The summed E-state index contributed by atoms with van der Waals surface area (Å²) < 4.78 is 19.0. The van der Waals surface area contributed by atoms with Gasteiger partial charge in [0.15, 0.2) is 0 Å². The molecule has 5 nitrogen and oxygen atoms in total. The SMILES string of the molecule is N#Cc1ccc(N2CCCN(C(=O)c3ccccc3OCc3ccc(F)cc3)CC2)cc1. The molecule has 0 radical (unpaired) electrons. The molecule has 0 unspecified atom stereocenters. The lowest BCUT2D eigenvalue weighted by atomic mass is 10.1. The fourth-order valence-electron chi connectivity index (χ4n) is 3.81. The van der Waals surface area contributed by atoms with Crippen LogP contribution in [0.15, 0.2) is 72.8 Å². The molecule has 0 saturated carbocycles. The molecule has 3 aromatic carbocycles. The van der Waals surface area contributed by atoms with Crippen molar-refractivity contribution in [3.05, 3.63) is 95.3 Å². The molecule has 1 amide bonds. The fourth-order valence-corrected chi connectivity index (χ4v) is 3.81. The first kappa shape index (κ1) is 21.4. The van der Waals surface area contributed by atoms with Crippen LogP contribution in [0, 0.1) is 17.1 Å². The molecule has 1 heterocycles. The Labute approximate surface area is 187 Å². The standard InChI is InChI=1S/C26H24FN3O2/c27-22-10-6-21(7-11-22)19-32-25-5-2-1-4-24(25)26(31)30-15-3-14-29(16-17-30)23-12-8-20(18-28)9-13-23/h1-2,4-13H,3,14-17,19H2. The lowest BCUT2D eigenvalue weighted by Crippen LogP contribution is -2.35. The number of nitriles is 1. The van der Waals surface area contributed by atoms with E-state index in [1.807, 2.05) is 41.3 Å². The molecule has 0 N–H and O–H groups in total. The molecular weight excluding hydrogens is 405 g/mol. The van der Waals surface area contributed by atoms with Crippen molar-refractivity contribution in [2.45, 2.75) is 13.0 Å². The van der Waals surface area contributed by atoms with Crippen LogP contribution in [0.5, 0.6) is 5.75 Å². The second-order valence-corrected chi connectivity index (χ2v) is 7.70. The van der Waals surface area contributed by atoms with Crippen LogP contribution in [0.4, 0.5) is 10.1 Å². The molecule has 32 heavy (non-hydrogen) atoms. The van der Waals surface area contributed by atoms with E-state index in [4.69, 9.17) is 10.00 Å². The molecule has 0 bridgehead atoms. The van der Waals surface area contributed by atoms with Crippen molar-refractivity contribution < 1.29 is 13.9 Å². The van der Waals surface area contributed by atoms with Gasteiger partial charge in [0.2, 0.25) is 0 Å². The molecule has 0 aliphatic carbocycles. The van der Waals surface area contributed by atoms with Gasteiger partial charge in [-0.2, -0.15) is 5.26 Å². The summed E-state index contributed by atoms with van der Waals surface area (Å²) in [5, 5.41) is 8.99. The quantitative estimate of drug-likeness (QED) is 0.594. The molecule has 6 heteroatoms. The first-order valence-corrected chi connectivity index (χ1v) is 10.6. The largest absolute Gasteiger partial charge is 0.488 e. The second-order valence-electron chi connectivity index (χ2n) is 7.70. The maximum Gasteiger partial charge on any atom is 0.257 e. The van der Waals surface area contributed by atoms with E-state index in [1.54, 1.807) is 24.3 Å². The van der Waals surface area contributed by atoms with E-state index in [2.05, 4.69) is 11.0 Å². The Hall–Kier alpha value is -3.85. The number of anilines is 1. The van der Waals surface area contributed by atoms with Crippen molar-refractivity contribution >= 4 is 11.6 Å². The number of carbonyl (C=O) groups is 1. The lowest BCUT2D eigenvalue weighted by Gasteiger charge is -2.24. The Morgan fingerprint density at radius 1 is 0.938 bits per heavy atom. The van der Waals surface area contributed by atoms with Gasteiger partial charge in [0.05, 0.1) is 17.2 Å². The summed E-state index contributed by atoms with van der Waals surface area (Å²) in [4.78, 5) is 17.4. The number of halogens is 1. The number of rotatable bonds is 5. The van der Waals surface area contributed by atoms with Crippen molar-refractivity contribution in [1.29, 1.82) is 5.26 Å². The number of amides is 1. The Kier molecular flexibility index (Phi) is 6.66. The Morgan fingerprint density at radius 2 is 1.69 bits per heavy atom. The van der Waals surface area contributed by atoms with Crippen molar-refractivity contribution in [2.24, 2.45) is 0 Å². The van der Waals surface area contributed by atoms with Crippen LogP contribution in [0.2, 0.25) is 0 Å². The van der Waals surface area contributed by atoms with Gasteiger partial charge < -0.3 is 14.5 Å². The predicted octanol–water partition coefficient (Wildman–Crippen LogP) is 4.63. The van der Waals surface area contributed by atoms with E-state index in [1.165, 1.54) is 12.1 Å². The average Bonchev–Trinajstić information content (AvgIpc) is 3.10. The molecule has 1 fully saturated rings. The zero-order chi connectivity index (χ0) is 22.3. The van der Waals surface area contributed by atoms with Crippen molar-refractivity contribution in [2.75, 3.05) is 31.1 Å². The summed E-state index contributed by atoms with van der Waals surface area (Å²) in [6.45, 7) is 3.09. The van der Waals surface area contributed by atoms with Crippen LogP contribution in [-0.2, 0) is 6.61 Å². The minimum Gasteiger partial charge on any atom is -0.488 e. The summed E-state index contributed by atoms with van der Waals surface area (Å²) >= 11 is 0. The van der Waals surface area contributed by atoms with E-state index >= 15 is 0 Å². The van der Waals surface area contributed by atoms with E-state index in [0.717, 1.165) is 30.8 Å². The van der Waals surface area contributed by atoms with Crippen LogP contribution in [0.3, 0.4) is 0 Å². The maximum absolute atomic E-state index is 13.3. The highest BCUT2D eigenvalue weighted by molar-refractivity contribution is 5.97. The molecule has 162 valence electrons. The van der Waals surface area contributed by atoms with Gasteiger partial charge in [-0.25, -0.2) is 4.39 Å². The first-order valence-electron chi connectivity index (χ1n) is 10.6. The summed E-state index contributed by atoms with van der Waals surface area (Å²) in [5.74, 6) is 0.178. The number of nitrogens with zero attached hydrogens (tertiary/aromatic N) is 3. The molecule has 3 aromatic rings. The van der Waals surface area contributed by atoms with Gasteiger partial charge >= 0.3 is 0 Å². The Morgan fingerprint density at radius 3 is 2.44 bits per heavy atom. The smallest absolute Gasteiger partial charge is 0.257 e. The number of para-hydroxylation sites is 1. The molecule has 1 saturated heterocycles. The minimum atomic E-state index is -0.291. The topological polar surface area (TPSA) is 56.6 Å². The normalized spacial score (nSPS) is 13.9.